The highest BCUT2D eigenvalue weighted by molar-refractivity contribution is 5.74. The summed E-state index contributed by atoms with van der Waals surface area (Å²) in [6.45, 7) is 1.01. The molecule has 3 nitrogen and oxygen atoms in total. The van der Waals surface area contributed by atoms with Crippen molar-refractivity contribution in [2.24, 2.45) is 5.92 Å². The van der Waals surface area contributed by atoms with E-state index in [4.69, 9.17) is 4.74 Å². The number of ether oxygens (including phenoxy) is 1. The summed E-state index contributed by atoms with van der Waals surface area (Å²) in [4.78, 5) is 11.2. The Morgan fingerprint density at radius 2 is 2.17 bits per heavy atom. The van der Waals surface area contributed by atoms with E-state index in [1.807, 2.05) is 0 Å². The van der Waals surface area contributed by atoms with Crippen LogP contribution < -0.4 is 5.32 Å². The van der Waals surface area contributed by atoms with Gasteiger partial charge in [-0.15, -0.1) is 0 Å². The zero-order valence-corrected chi connectivity index (χ0v) is 9.92. The van der Waals surface area contributed by atoms with Crippen molar-refractivity contribution in [3.8, 4) is 0 Å². The van der Waals surface area contributed by atoms with Gasteiger partial charge in [0.2, 0.25) is 0 Å². The van der Waals surface area contributed by atoms with Crippen molar-refractivity contribution in [1.82, 2.24) is 5.32 Å². The average molecular weight is 255 g/mol. The summed E-state index contributed by atoms with van der Waals surface area (Å²) in [5.41, 5.74) is 0.393. The summed E-state index contributed by atoms with van der Waals surface area (Å²) < 4.78 is 30.9. The average Bonchev–Trinajstić information content (AvgIpc) is 3.15. The molecule has 2 rings (SSSR count). The zero-order chi connectivity index (χ0) is 13.0. The SMILES string of the molecule is O=C(OCCNCc1ccc(F)cc1F)C1CC1. The molecule has 5 heteroatoms. The maximum absolute atomic E-state index is 13.2. The second-order valence-corrected chi connectivity index (χ2v) is 4.35. The minimum absolute atomic E-state index is 0.0968. The van der Waals surface area contributed by atoms with E-state index in [1.165, 1.54) is 12.1 Å². The smallest absolute Gasteiger partial charge is 0.308 e. The van der Waals surface area contributed by atoms with Crippen LogP contribution in [0.2, 0.25) is 0 Å². The number of hydrogen-bond donors (Lipinski definition) is 1. The van der Waals surface area contributed by atoms with Crippen molar-refractivity contribution in [2.45, 2.75) is 19.4 Å². The van der Waals surface area contributed by atoms with Gasteiger partial charge in [-0.2, -0.15) is 0 Å². The third kappa shape index (κ3) is 3.77. The molecule has 0 atom stereocenters. The van der Waals surface area contributed by atoms with Crippen LogP contribution in [0.15, 0.2) is 18.2 Å². The number of carbonyl (C=O) groups excluding carboxylic acids is 1. The Hall–Kier alpha value is -1.49. The first-order valence-corrected chi connectivity index (χ1v) is 5.98. The van der Waals surface area contributed by atoms with Gasteiger partial charge in [0, 0.05) is 24.7 Å². The standard InChI is InChI=1S/C13H15F2NO2/c14-11-4-3-10(12(15)7-11)8-16-5-6-18-13(17)9-1-2-9/h3-4,7,9,16H,1-2,5-6,8H2. The number of nitrogens with one attached hydrogen (secondary N) is 1. The van der Waals surface area contributed by atoms with E-state index in [0.717, 1.165) is 18.9 Å². The maximum atomic E-state index is 13.2. The Kier molecular flexibility index (Phi) is 4.25. The highest BCUT2D eigenvalue weighted by Gasteiger charge is 2.30. The van der Waals surface area contributed by atoms with Crippen LogP contribution in [0.1, 0.15) is 18.4 Å². The topological polar surface area (TPSA) is 38.3 Å². The van der Waals surface area contributed by atoms with Gasteiger partial charge >= 0.3 is 5.97 Å². The molecule has 1 N–H and O–H groups in total. The molecule has 0 saturated heterocycles. The van der Waals surface area contributed by atoms with Gasteiger partial charge in [-0.05, 0) is 18.9 Å². The van der Waals surface area contributed by atoms with E-state index in [-0.39, 0.29) is 25.0 Å². The van der Waals surface area contributed by atoms with Gasteiger partial charge in [0.1, 0.15) is 18.2 Å². The molecular formula is C13H15F2NO2. The van der Waals surface area contributed by atoms with Crippen LogP contribution in [-0.2, 0) is 16.1 Å². The molecule has 1 aliphatic carbocycles. The lowest BCUT2D eigenvalue weighted by Crippen LogP contribution is -2.22. The van der Waals surface area contributed by atoms with Gasteiger partial charge in [0.15, 0.2) is 0 Å². The predicted molar refractivity (Wildman–Crippen MR) is 61.7 cm³/mol. The van der Waals surface area contributed by atoms with E-state index >= 15 is 0 Å². The summed E-state index contributed by atoms with van der Waals surface area (Å²) in [5.74, 6) is -1.21. The number of benzene rings is 1. The molecule has 0 radical (unpaired) electrons. The van der Waals surface area contributed by atoms with Crippen LogP contribution in [-0.4, -0.2) is 19.1 Å². The lowest BCUT2D eigenvalue weighted by molar-refractivity contribution is -0.145. The highest BCUT2D eigenvalue weighted by atomic mass is 19.1. The normalized spacial score (nSPS) is 14.6. The fourth-order valence-corrected chi connectivity index (χ4v) is 1.55. The van der Waals surface area contributed by atoms with Crippen molar-refractivity contribution >= 4 is 5.97 Å². The molecule has 0 unspecified atom stereocenters. The number of hydrogen-bond acceptors (Lipinski definition) is 3. The summed E-state index contributed by atoms with van der Waals surface area (Å²) in [6.07, 6.45) is 1.85. The van der Waals surface area contributed by atoms with Crippen LogP contribution in [0.4, 0.5) is 8.78 Å². The first-order chi connectivity index (χ1) is 8.66. The van der Waals surface area contributed by atoms with Crippen LogP contribution in [0.25, 0.3) is 0 Å². The fraction of sp³-hybridized carbons (Fsp3) is 0.462. The summed E-state index contributed by atoms with van der Waals surface area (Å²) in [5, 5.41) is 2.94. The predicted octanol–water partition coefficient (Wildman–Crippen LogP) is 2.01. The molecule has 0 aliphatic heterocycles. The lowest BCUT2D eigenvalue weighted by atomic mass is 10.2. The zero-order valence-electron chi connectivity index (χ0n) is 9.92. The molecule has 0 spiro atoms. The molecule has 98 valence electrons. The Bertz CT molecular complexity index is 433. The van der Waals surface area contributed by atoms with Crippen molar-refractivity contribution in [3.63, 3.8) is 0 Å². The summed E-state index contributed by atoms with van der Waals surface area (Å²) in [7, 11) is 0. The molecule has 1 saturated carbocycles. The first-order valence-electron chi connectivity index (χ1n) is 5.98. The second-order valence-electron chi connectivity index (χ2n) is 4.35. The monoisotopic (exact) mass is 255 g/mol. The molecular weight excluding hydrogens is 240 g/mol. The summed E-state index contributed by atoms with van der Waals surface area (Å²) >= 11 is 0. The van der Waals surface area contributed by atoms with Gasteiger partial charge in [-0.25, -0.2) is 8.78 Å². The largest absolute Gasteiger partial charge is 0.464 e. The minimum Gasteiger partial charge on any atom is -0.464 e. The third-order valence-corrected chi connectivity index (χ3v) is 2.76. The van der Waals surface area contributed by atoms with Crippen LogP contribution in [0.5, 0.6) is 0 Å². The summed E-state index contributed by atoms with van der Waals surface area (Å²) in [6, 6.07) is 3.46. The minimum atomic E-state index is -0.588. The van der Waals surface area contributed by atoms with Gasteiger partial charge in [-0.3, -0.25) is 4.79 Å². The number of rotatable bonds is 6. The maximum Gasteiger partial charge on any atom is 0.308 e. The molecule has 1 aromatic rings. The van der Waals surface area contributed by atoms with Gasteiger partial charge in [0.25, 0.3) is 0 Å². The highest BCUT2D eigenvalue weighted by Crippen LogP contribution is 2.29. The number of carbonyl (C=O) groups is 1. The van der Waals surface area contributed by atoms with Gasteiger partial charge in [-0.1, -0.05) is 6.07 Å². The van der Waals surface area contributed by atoms with E-state index < -0.39 is 11.6 Å². The van der Waals surface area contributed by atoms with Crippen LogP contribution in [0, 0.1) is 17.6 Å². The van der Waals surface area contributed by atoms with Crippen molar-refractivity contribution in [1.29, 1.82) is 0 Å². The lowest BCUT2D eigenvalue weighted by Gasteiger charge is -2.07. The van der Waals surface area contributed by atoms with E-state index in [2.05, 4.69) is 5.32 Å². The Labute approximate surface area is 104 Å². The van der Waals surface area contributed by atoms with Crippen molar-refractivity contribution < 1.29 is 18.3 Å². The Balaban J connectivity index is 1.63. The van der Waals surface area contributed by atoms with Gasteiger partial charge < -0.3 is 10.1 Å². The molecule has 0 aromatic heterocycles. The molecule has 18 heavy (non-hydrogen) atoms. The van der Waals surface area contributed by atoms with E-state index in [1.54, 1.807) is 0 Å². The Morgan fingerprint density at radius 1 is 1.39 bits per heavy atom. The molecule has 0 amide bonds. The third-order valence-electron chi connectivity index (χ3n) is 2.76. The van der Waals surface area contributed by atoms with Crippen LogP contribution >= 0.6 is 0 Å². The molecule has 0 heterocycles. The fourth-order valence-electron chi connectivity index (χ4n) is 1.55. The Morgan fingerprint density at radius 3 is 2.83 bits per heavy atom. The van der Waals surface area contributed by atoms with Crippen molar-refractivity contribution in [3.05, 3.63) is 35.4 Å². The molecule has 1 aliphatic rings. The molecule has 1 fully saturated rings. The second kappa shape index (κ2) is 5.91. The van der Waals surface area contributed by atoms with Crippen molar-refractivity contribution in [2.75, 3.05) is 13.2 Å². The molecule has 0 bridgehead atoms. The first kappa shape index (κ1) is 13.0. The number of esters is 1. The molecule has 1 aromatic carbocycles. The quantitative estimate of drug-likeness (QED) is 0.624. The van der Waals surface area contributed by atoms with E-state index in [0.29, 0.717) is 12.1 Å². The number of halogens is 2. The van der Waals surface area contributed by atoms with Crippen LogP contribution in [0.3, 0.4) is 0 Å². The van der Waals surface area contributed by atoms with E-state index in [9.17, 15) is 13.6 Å². The van der Waals surface area contributed by atoms with Gasteiger partial charge in [0.05, 0.1) is 5.92 Å².